The van der Waals surface area contributed by atoms with Gasteiger partial charge >= 0.3 is 0 Å². The highest BCUT2D eigenvalue weighted by Gasteiger charge is 2.52. The van der Waals surface area contributed by atoms with E-state index in [9.17, 15) is 13.6 Å². The Morgan fingerprint density at radius 1 is 1.04 bits per heavy atom. The minimum absolute atomic E-state index is 0.0399. The van der Waals surface area contributed by atoms with Gasteiger partial charge in [-0.1, -0.05) is 74.0 Å². The van der Waals surface area contributed by atoms with Gasteiger partial charge in [-0.2, -0.15) is 0 Å². The second kappa shape index (κ2) is 15.4. The summed E-state index contributed by atoms with van der Waals surface area (Å²) in [7, 11) is -2.55. The molecule has 7 unspecified atom stereocenters. The van der Waals surface area contributed by atoms with Crippen molar-refractivity contribution in [3.8, 4) is 0 Å². The molecule has 0 heterocycles. The summed E-state index contributed by atoms with van der Waals surface area (Å²) < 4.78 is 46.8. The van der Waals surface area contributed by atoms with Gasteiger partial charge in [0.1, 0.15) is 6.29 Å². The maximum atomic E-state index is 13.4. The molecule has 0 spiro atoms. The average Bonchev–Trinajstić information content (AvgIpc) is 3.29. The highest BCUT2D eigenvalue weighted by molar-refractivity contribution is 7.80. The smallest absolute Gasteiger partial charge is 0.192 e. The summed E-state index contributed by atoms with van der Waals surface area (Å²) in [6.07, 6.45) is 10.7. The molecule has 2 saturated carbocycles. The Balaban J connectivity index is 2.09. The lowest BCUT2D eigenvalue weighted by atomic mass is 9.60. The molecule has 3 aliphatic rings. The van der Waals surface area contributed by atoms with Gasteiger partial charge in [-0.3, -0.25) is 4.21 Å². The molecule has 0 saturated heterocycles. The molecule has 0 radical (unpaired) electrons. The summed E-state index contributed by atoms with van der Waals surface area (Å²) in [5, 5.41) is -0.591. The van der Waals surface area contributed by atoms with Crippen LogP contribution < -0.4 is 0 Å². The zero-order valence-corrected chi connectivity index (χ0v) is 35.2. The van der Waals surface area contributed by atoms with Crippen LogP contribution in [0.4, 0.5) is 0 Å². The fourth-order valence-electron chi connectivity index (χ4n) is 8.63. The Hall–Kier alpha value is -0.426. The molecule has 0 aliphatic heterocycles. The lowest BCUT2D eigenvalue weighted by Gasteiger charge is -2.47. The van der Waals surface area contributed by atoms with Gasteiger partial charge in [0.2, 0.25) is 0 Å². The van der Waals surface area contributed by atoms with Gasteiger partial charge < -0.3 is 22.9 Å². The van der Waals surface area contributed by atoms with Crippen molar-refractivity contribution in [1.82, 2.24) is 0 Å². The lowest BCUT2D eigenvalue weighted by molar-refractivity contribution is -0.111. The summed E-state index contributed by atoms with van der Waals surface area (Å²) in [5.41, 5.74) is 3.55. The van der Waals surface area contributed by atoms with Crippen molar-refractivity contribution in [2.45, 2.75) is 180 Å². The first kappa shape index (κ1) is 41.0. The number of aldehydes is 1. The van der Waals surface area contributed by atoms with Gasteiger partial charge in [0.05, 0.1) is 23.6 Å². The Kier molecular flexibility index (Phi) is 13.5. The Bertz CT molecular complexity index is 1180. The summed E-state index contributed by atoms with van der Waals surface area (Å²) >= 11 is -2.32. The first-order valence-electron chi connectivity index (χ1n) is 18.4. The molecule has 0 aromatic carbocycles. The third-order valence-electron chi connectivity index (χ3n) is 13.4. The van der Waals surface area contributed by atoms with Gasteiger partial charge in [0.25, 0.3) is 0 Å². The SMILES string of the molecule is CCC1=C(C(/C=C2\CCC[C@@]3(C)C2CCC3[C@@H](C)C(CC=O)OC)S(=O)[O-])CC(O[Si](C)(C)C(C)(C)C)CC1O[Si](C)(C)C(C)(C)C. The number of rotatable bonds is 13. The van der Waals surface area contributed by atoms with Crippen LogP contribution in [0.2, 0.25) is 36.3 Å². The quantitative estimate of drug-likeness (QED) is 0.0819. The van der Waals surface area contributed by atoms with Crippen LogP contribution in [0.3, 0.4) is 0 Å². The van der Waals surface area contributed by atoms with Crippen molar-refractivity contribution in [3.63, 3.8) is 0 Å². The van der Waals surface area contributed by atoms with Crippen molar-refractivity contribution in [3.05, 3.63) is 22.8 Å². The molecule has 0 aromatic rings. The van der Waals surface area contributed by atoms with E-state index in [4.69, 9.17) is 13.6 Å². The minimum Gasteiger partial charge on any atom is -0.772 e. The fourth-order valence-corrected chi connectivity index (χ4v) is 12.1. The zero-order chi connectivity index (χ0) is 35.8. The summed E-state index contributed by atoms with van der Waals surface area (Å²) in [6.45, 7) is 29.6. The highest BCUT2D eigenvalue weighted by atomic mass is 32.2. The van der Waals surface area contributed by atoms with E-state index in [1.165, 1.54) is 11.1 Å². The summed E-state index contributed by atoms with van der Waals surface area (Å²) in [4.78, 5) is 11.4. The van der Waals surface area contributed by atoms with Crippen LogP contribution >= 0.6 is 0 Å². The summed E-state index contributed by atoms with van der Waals surface area (Å²) in [5.74, 6) is 1.04. The van der Waals surface area contributed by atoms with Gasteiger partial charge in [0.15, 0.2) is 16.6 Å². The van der Waals surface area contributed by atoms with Crippen molar-refractivity contribution < 1.29 is 27.1 Å². The van der Waals surface area contributed by atoms with Gasteiger partial charge in [-0.05, 0) is 127 Å². The molecule has 0 bridgehead atoms. The van der Waals surface area contributed by atoms with Gasteiger partial charge in [0, 0.05) is 20.0 Å². The van der Waals surface area contributed by atoms with Crippen molar-refractivity contribution in [1.29, 1.82) is 0 Å². The third-order valence-corrected chi connectivity index (χ3v) is 23.3. The standard InChI is InChI=1S/C38H70O6SSi2/c1-15-29-30(24-28(43-46(11,12)36(3,4)5)25-34(29)44-47(13,14)37(6,7)8)35(45(40)41)23-27-17-16-21-38(9)31(18-19-32(27)38)26(2)33(42-10)20-22-39/h22-23,26,28,31-35H,15-21,24-25H2,1-14H3,(H,40,41)/p-1/b27-23+/t26-,28?,31?,32?,33?,34?,35?,38-/m1/s1. The molecule has 0 aromatic heterocycles. The van der Waals surface area contributed by atoms with E-state index < -0.39 is 33.0 Å². The number of fused-ring (bicyclic) bond motifs is 1. The second-order valence-corrected chi connectivity index (χ2v) is 28.8. The first-order chi connectivity index (χ1) is 21.5. The van der Waals surface area contributed by atoms with Crippen LogP contribution in [0.25, 0.3) is 0 Å². The second-order valence-electron chi connectivity index (χ2n) is 18.3. The molecule has 2 fully saturated rings. The van der Waals surface area contributed by atoms with E-state index in [1.807, 2.05) is 0 Å². The normalized spacial score (nSPS) is 31.4. The van der Waals surface area contributed by atoms with Crippen LogP contribution in [-0.2, 0) is 29.5 Å². The topological polar surface area (TPSA) is 84.9 Å². The molecular formula is C38H69O6SSi2-. The van der Waals surface area contributed by atoms with Crippen LogP contribution in [0.15, 0.2) is 22.8 Å². The molecule has 3 rings (SSSR count). The lowest BCUT2D eigenvalue weighted by Crippen LogP contribution is -2.49. The van der Waals surface area contributed by atoms with Crippen molar-refractivity contribution in [2.75, 3.05) is 7.11 Å². The number of hydrogen-bond donors (Lipinski definition) is 0. The minimum atomic E-state index is -2.32. The van der Waals surface area contributed by atoms with Crippen LogP contribution in [-0.4, -0.2) is 62.4 Å². The van der Waals surface area contributed by atoms with E-state index in [2.05, 4.69) is 94.6 Å². The predicted molar refractivity (Wildman–Crippen MR) is 200 cm³/mol. The average molecular weight is 710 g/mol. The predicted octanol–water partition coefficient (Wildman–Crippen LogP) is 9.90. The Morgan fingerprint density at radius 3 is 2.15 bits per heavy atom. The largest absolute Gasteiger partial charge is 0.772 e. The number of allylic oxidation sites excluding steroid dienone is 1. The number of hydrogen-bond acceptors (Lipinski definition) is 6. The van der Waals surface area contributed by atoms with Crippen LogP contribution in [0, 0.1) is 23.2 Å². The monoisotopic (exact) mass is 709 g/mol. The van der Waals surface area contributed by atoms with Crippen LogP contribution in [0.5, 0.6) is 0 Å². The molecule has 9 atom stereocenters. The van der Waals surface area contributed by atoms with Crippen molar-refractivity contribution >= 4 is 34.0 Å². The Morgan fingerprint density at radius 2 is 1.64 bits per heavy atom. The summed E-state index contributed by atoms with van der Waals surface area (Å²) in [6, 6.07) is 0. The number of ether oxygens (including phenoxy) is 1. The first-order valence-corrected chi connectivity index (χ1v) is 25.3. The van der Waals surface area contributed by atoms with Gasteiger partial charge in [-0.15, -0.1) is 0 Å². The third kappa shape index (κ3) is 8.91. The Labute approximate surface area is 293 Å². The molecule has 272 valence electrons. The molecule has 6 nitrogen and oxygen atoms in total. The molecule has 0 N–H and O–H groups in total. The highest BCUT2D eigenvalue weighted by Crippen LogP contribution is 2.60. The zero-order valence-electron chi connectivity index (χ0n) is 32.4. The number of carbonyl (C=O) groups excluding carboxylic acids is 1. The molecule has 3 aliphatic carbocycles. The van der Waals surface area contributed by atoms with E-state index in [-0.39, 0.29) is 39.7 Å². The molecule has 0 amide bonds. The number of methoxy groups -OCH3 is 1. The van der Waals surface area contributed by atoms with Gasteiger partial charge in [-0.25, -0.2) is 0 Å². The molecule has 9 heteroatoms. The fraction of sp³-hybridized carbons (Fsp3) is 0.868. The van der Waals surface area contributed by atoms with E-state index >= 15 is 0 Å². The maximum absolute atomic E-state index is 13.4. The maximum Gasteiger partial charge on any atom is 0.192 e. The number of carbonyl (C=O) groups is 1. The molecule has 47 heavy (non-hydrogen) atoms. The van der Waals surface area contributed by atoms with E-state index in [0.29, 0.717) is 24.7 Å². The van der Waals surface area contributed by atoms with E-state index in [1.54, 1.807) is 7.11 Å². The van der Waals surface area contributed by atoms with Crippen LogP contribution in [0.1, 0.15) is 120 Å². The van der Waals surface area contributed by atoms with E-state index in [0.717, 1.165) is 56.8 Å². The molecular weight excluding hydrogens is 641 g/mol. The van der Waals surface area contributed by atoms with Crippen molar-refractivity contribution in [2.24, 2.45) is 23.2 Å².